The van der Waals surface area contributed by atoms with Crippen molar-refractivity contribution in [3.63, 3.8) is 0 Å². The quantitative estimate of drug-likeness (QED) is 0.425. The summed E-state index contributed by atoms with van der Waals surface area (Å²) >= 11 is 0. The summed E-state index contributed by atoms with van der Waals surface area (Å²) in [6.07, 6.45) is 9.23. The second-order valence-corrected chi connectivity index (χ2v) is 11.6. The van der Waals surface area contributed by atoms with Crippen LogP contribution in [0, 0.1) is 5.92 Å². The Bertz CT molecular complexity index is 1300. The first-order valence-electron chi connectivity index (χ1n) is 13.8. The molecule has 202 valence electrons. The van der Waals surface area contributed by atoms with Gasteiger partial charge >= 0.3 is 6.09 Å². The van der Waals surface area contributed by atoms with Gasteiger partial charge in [0.05, 0.1) is 23.0 Å². The maximum Gasteiger partial charge on any atom is 0.419 e. The van der Waals surface area contributed by atoms with Gasteiger partial charge in [0.1, 0.15) is 5.60 Å². The van der Waals surface area contributed by atoms with Gasteiger partial charge in [0, 0.05) is 43.5 Å². The Morgan fingerprint density at radius 2 is 1.82 bits per heavy atom. The van der Waals surface area contributed by atoms with Crippen molar-refractivity contribution in [2.45, 2.75) is 71.6 Å². The number of anilines is 1. The van der Waals surface area contributed by atoms with Crippen molar-refractivity contribution < 1.29 is 14.3 Å². The average Bonchev–Trinajstić information content (AvgIpc) is 3.51. The third kappa shape index (κ3) is 6.18. The highest BCUT2D eigenvalue weighted by Gasteiger charge is 2.23. The SMILES string of the molecule is CC(C)(C)OC(=O)n1c(CNCC2CCC2)cc2ccc(CNC(=O)c3cncc(N4CCCC4)c3)cc21. The maximum absolute atomic E-state index is 13.3. The molecule has 0 unspecified atom stereocenters. The zero-order valence-corrected chi connectivity index (χ0v) is 22.8. The van der Waals surface area contributed by atoms with Crippen LogP contribution in [0.15, 0.2) is 42.7 Å². The van der Waals surface area contributed by atoms with Gasteiger partial charge in [0.2, 0.25) is 0 Å². The lowest BCUT2D eigenvalue weighted by atomic mass is 9.85. The maximum atomic E-state index is 13.3. The minimum absolute atomic E-state index is 0.165. The minimum Gasteiger partial charge on any atom is -0.443 e. The summed E-state index contributed by atoms with van der Waals surface area (Å²) in [7, 11) is 0. The Morgan fingerprint density at radius 3 is 2.53 bits per heavy atom. The predicted octanol–water partition coefficient (Wildman–Crippen LogP) is 5.24. The molecular weight excluding hydrogens is 478 g/mol. The summed E-state index contributed by atoms with van der Waals surface area (Å²) in [5.41, 5.74) is 3.50. The molecule has 1 saturated heterocycles. The molecule has 2 aromatic heterocycles. The molecule has 8 nitrogen and oxygen atoms in total. The van der Waals surface area contributed by atoms with E-state index in [1.807, 2.05) is 57.3 Å². The van der Waals surface area contributed by atoms with E-state index in [0.29, 0.717) is 18.7 Å². The average molecular weight is 518 g/mol. The van der Waals surface area contributed by atoms with E-state index in [0.717, 1.165) is 53.4 Å². The van der Waals surface area contributed by atoms with E-state index in [4.69, 9.17) is 4.74 Å². The highest BCUT2D eigenvalue weighted by Crippen LogP contribution is 2.27. The number of hydrogen-bond donors (Lipinski definition) is 2. The van der Waals surface area contributed by atoms with Gasteiger partial charge in [0.15, 0.2) is 0 Å². The van der Waals surface area contributed by atoms with Crippen LogP contribution in [0.1, 0.15) is 74.5 Å². The molecule has 1 saturated carbocycles. The highest BCUT2D eigenvalue weighted by molar-refractivity contribution is 5.95. The van der Waals surface area contributed by atoms with E-state index in [2.05, 4.69) is 20.5 Å². The van der Waals surface area contributed by atoms with Crippen LogP contribution >= 0.6 is 0 Å². The molecule has 2 N–H and O–H groups in total. The number of hydrogen-bond acceptors (Lipinski definition) is 6. The van der Waals surface area contributed by atoms with Crippen LogP contribution in [0.2, 0.25) is 0 Å². The second kappa shape index (κ2) is 11.2. The summed E-state index contributed by atoms with van der Waals surface area (Å²) in [6.45, 7) is 9.53. The zero-order valence-electron chi connectivity index (χ0n) is 22.8. The van der Waals surface area contributed by atoms with Gasteiger partial charge in [-0.15, -0.1) is 0 Å². The van der Waals surface area contributed by atoms with Crippen molar-refractivity contribution in [1.29, 1.82) is 0 Å². The lowest BCUT2D eigenvalue weighted by molar-refractivity contribution is 0.0539. The smallest absolute Gasteiger partial charge is 0.419 e. The Labute approximate surface area is 224 Å². The van der Waals surface area contributed by atoms with Gasteiger partial charge in [-0.25, -0.2) is 9.36 Å². The first kappa shape index (κ1) is 26.2. The number of amides is 1. The van der Waals surface area contributed by atoms with Crippen LogP contribution in [0.5, 0.6) is 0 Å². The van der Waals surface area contributed by atoms with E-state index < -0.39 is 5.60 Å². The van der Waals surface area contributed by atoms with Crippen LogP contribution in [0.3, 0.4) is 0 Å². The van der Waals surface area contributed by atoms with Crippen molar-refractivity contribution in [2.24, 2.45) is 5.92 Å². The lowest BCUT2D eigenvalue weighted by Crippen LogP contribution is -2.31. The van der Waals surface area contributed by atoms with Gasteiger partial charge in [0.25, 0.3) is 5.91 Å². The Morgan fingerprint density at radius 1 is 1.03 bits per heavy atom. The van der Waals surface area contributed by atoms with Gasteiger partial charge < -0.3 is 20.3 Å². The molecule has 8 heteroatoms. The van der Waals surface area contributed by atoms with Crippen molar-refractivity contribution >= 4 is 28.6 Å². The molecule has 5 rings (SSSR count). The molecule has 1 aliphatic carbocycles. The predicted molar refractivity (Wildman–Crippen MR) is 149 cm³/mol. The molecule has 0 radical (unpaired) electrons. The van der Waals surface area contributed by atoms with Crippen LogP contribution in [0.25, 0.3) is 10.9 Å². The molecule has 0 atom stereocenters. The molecule has 1 aliphatic heterocycles. The van der Waals surface area contributed by atoms with E-state index in [-0.39, 0.29) is 12.0 Å². The standard InChI is InChI=1S/C30H39N5O3/c1-30(2,3)38-29(37)35-26(20-31-16-21-7-6-8-21)14-23-10-9-22(13-27(23)35)17-33-28(36)24-15-25(19-32-18-24)34-11-4-5-12-34/h9-10,13-15,18-19,21,31H,4-8,11-12,16-17,20H2,1-3H3,(H,33,36). The van der Waals surface area contributed by atoms with Crippen molar-refractivity contribution in [2.75, 3.05) is 24.5 Å². The number of carbonyl (C=O) groups is 2. The lowest BCUT2D eigenvalue weighted by Gasteiger charge is -2.25. The molecular formula is C30H39N5O3. The Kier molecular flexibility index (Phi) is 7.70. The van der Waals surface area contributed by atoms with Gasteiger partial charge in [-0.3, -0.25) is 9.78 Å². The molecule has 38 heavy (non-hydrogen) atoms. The summed E-state index contributed by atoms with van der Waals surface area (Å²) in [5, 5.41) is 7.51. The molecule has 0 spiro atoms. The van der Waals surface area contributed by atoms with Crippen LogP contribution in [0.4, 0.5) is 10.5 Å². The van der Waals surface area contributed by atoms with Gasteiger partial charge in [-0.1, -0.05) is 18.6 Å². The van der Waals surface area contributed by atoms with Crippen LogP contribution in [-0.4, -0.2) is 46.8 Å². The first-order valence-corrected chi connectivity index (χ1v) is 13.8. The van der Waals surface area contributed by atoms with E-state index in [9.17, 15) is 9.59 Å². The van der Waals surface area contributed by atoms with Crippen LogP contribution in [-0.2, 0) is 17.8 Å². The number of fused-ring (bicyclic) bond motifs is 1. The molecule has 3 aromatic rings. The second-order valence-electron chi connectivity index (χ2n) is 11.6. The largest absolute Gasteiger partial charge is 0.443 e. The number of nitrogens with one attached hydrogen (secondary N) is 2. The first-order chi connectivity index (χ1) is 18.3. The molecule has 1 aromatic carbocycles. The summed E-state index contributed by atoms with van der Waals surface area (Å²) in [4.78, 5) is 32.7. The molecule has 0 bridgehead atoms. The minimum atomic E-state index is -0.604. The topological polar surface area (TPSA) is 88.5 Å². The van der Waals surface area contributed by atoms with Gasteiger partial charge in [-0.05, 0) is 82.7 Å². The Balaban J connectivity index is 1.32. The fourth-order valence-corrected chi connectivity index (χ4v) is 5.15. The van der Waals surface area contributed by atoms with Crippen molar-refractivity contribution in [3.8, 4) is 0 Å². The third-order valence-corrected chi connectivity index (χ3v) is 7.40. The number of rotatable bonds is 8. The number of aromatic nitrogens is 2. The number of nitrogens with zero attached hydrogens (tertiary/aromatic N) is 3. The van der Waals surface area contributed by atoms with E-state index in [1.165, 1.54) is 32.1 Å². The number of carbonyl (C=O) groups excluding carboxylic acids is 2. The molecule has 3 heterocycles. The fourth-order valence-electron chi connectivity index (χ4n) is 5.15. The zero-order chi connectivity index (χ0) is 26.7. The van der Waals surface area contributed by atoms with E-state index >= 15 is 0 Å². The number of pyridine rings is 1. The molecule has 1 amide bonds. The number of benzene rings is 1. The summed E-state index contributed by atoms with van der Waals surface area (Å²) in [6, 6.07) is 9.92. The third-order valence-electron chi connectivity index (χ3n) is 7.40. The fraction of sp³-hybridized carbons (Fsp3) is 0.500. The Hall–Kier alpha value is -3.39. The summed E-state index contributed by atoms with van der Waals surface area (Å²) < 4.78 is 7.43. The highest BCUT2D eigenvalue weighted by atomic mass is 16.6. The molecule has 2 fully saturated rings. The van der Waals surface area contributed by atoms with Crippen LogP contribution < -0.4 is 15.5 Å². The van der Waals surface area contributed by atoms with Gasteiger partial charge in [-0.2, -0.15) is 0 Å². The normalized spacial score (nSPS) is 16.0. The van der Waals surface area contributed by atoms with Crippen molar-refractivity contribution in [3.05, 3.63) is 59.5 Å². The van der Waals surface area contributed by atoms with Crippen molar-refractivity contribution in [1.82, 2.24) is 20.2 Å². The monoisotopic (exact) mass is 517 g/mol. The number of ether oxygens (including phenoxy) is 1. The molecule has 2 aliphatic rings. The summed E-state index contributed by atoms with van der Waals surface area (Å²) in [5.74, 6) is 0.567. The van der Waals surface area contributed by atoms with E-state index in [1.54, 1.807) is 10.8 Å².